The van der Waals surface area contributed by atoms with Crippen molar-refractivity contribution in [3.05, 3.63) is 29.8 Å². The number of carbonyl (C=O) groups is 1. The molecule has 0 fully saturated rings. The molecule has 0 heterocycles. The molecule has 2 N–H and O–H groups in total. The van der Waals surface area contributed by atoms with Crippen molar-refractivity contribution in [2.24, 2.45) is 0 Å². The molecule has 0 saturated heterocycles. The largest absolute Gasteiger partial charge is 0.384 e. The molecule has 19 heavy (non-hydrogen) atoms. The lowest BCUT2D eigenvalue weighted by molar-refractivity contribution is 0.0941. The van der Waals surface area contributed by atoms with Crippen molar-refractivity contribution in [3.8, 4) is 0 Å². The fraction of sp³-hybridized carbons (Fsp3) is 0.533. The molecule has 1 rings (SSSR count). The van der Waals surface area contributed by atoms with E-state index in [1.54, 1.807) is 11.8 Å². The molecule has 0 saturated carbocycles. The first-order valence-electron chi connectivity index (χ1n) is 6.85. The van der Waals surface area contributed by atoms with Crippen LogP contribution in [0.15, 0.2) is 24.3 Å². The number of benzene rings is 1. The fourth-order valence-electron chi connectivity index (χ4n) is 1.82. The summed E-state index contributed by atoms with van der Waals surface area (Å²) in [5.74, 6) is 0.965. The molecule has 1 aromatic carbocycles. The first-order valence-corrected chi connectivity index (χ1v) is 8.25. The van der Waals surface area contributed by atoms with Gasteiger partial charge in [-0.2, -0.15) is 11.8 Å². The SMILES string of the molecule is CCCNc1ccccc1C(=O)NC(CC)CSC. The summed E-state index contributed by atoms with van der Waals surface area (Å²) in [5, 5.41) is 6.40. The number of hydrogen-bond acceptors (Lipinski definition) is 3. The highest BCUT2D eigenvalue weighted by atomic mass is 32.2. The minimum Gasteiger partial charge on any atom is -0.384 e. The Morgan fingerprint density at radius 2 is 2.05 bits per heavy atom. The Labute approximate surface area is 120 Å². The van der Waals surface area contributed by atoms with Gasteiger partial charge in [0.25, 0.3) is 5.91 Å². The third-order valence-corrected chi connectivity index (χ3v) is 3.67. The van der Waals surface area contributed by atoms with Crippen LogP contribution in [-0.4, -0.2) is 30.5 Å². The monoisotopic (exact) mass is 280 g/mol. The van der Waals surface area contributed by atoms with Gasteiger partial charge in [0.1, 0.15) is 0 Å². The van der Waals surface area contributed by atoms with E-state index in [1.165, 1.54) is 0 Å². The van der Waals surface area contributed by atoms with Gasteiger partial charge in [-0.1, -0.05) is 26.0 Å². The molecule has 0 spiro atoms. The van der Waals surface area contributed by atoms with Gasteiger partial charge in [0, 0.05) is 24.0 Å². The fourth-order valence-corrected chi connectivity index (χ4v) is 2.54. The summed E-state index contributed by atoms with van der Waals surface area (Å²) < 4.78 is 0. The van der Waals surface area contributed by atoms with Crippen molar-refractivity contribution in [3.63, 3.8) is 0 Å². The van der Waals surface area contributed by atoms with E-state index in [0.717, 1.165) is 36.4 Å². The second-order valence-electron chi connectivity index (χ2n) is 4.51. The maximum absolute atomic E-state index is 12.3. The van der Waals surface area contributed by atoms with Crippen LogP contribution in [-0.2, 0) is 0 Å². The molecule has 1 amide bonds. The molecule has 0 bridgehead atoms. The molecule has 0 aliphatic rings. The smallest absolute Gasteiger partial charge is 0.253 e. The molecule has 4 heteroatoms. The minimum absolute atomic E-state index is 0.0140. The number of amides is 1. The lowest BCUT2D eigenvalue weighted by Gasteiger charge is -2.17. The summed E-state index contributed by atoms with van der Waals surface area (Å²) in [6.45, 7) is 5.09. The van der Waals surface area contributed by atoms with Crippen molar-refractivity contribution < 1.29 is 4.79 Å². The normalized spacial score (nSPS) is 11.9. The minimum atomic E-state index is 0.0140. The van der Waals surface area contributed by atoms with Crippen molar-refractivity contribution >= 4 is 23.4 Å². The highest BCUT2D eigenvalue weighted by Gasteiger charge is 2.14. The second-order valence-corrected chi connectivity index (χ2v) is 5.42. The highest BCUT2D eigenvalue weighted by molar-refractivity contribution is 7.98. The molecule has 1 aromatic rings. The van der Waals surface area contributed by atoms with Crippen molar-refractivity contribution in [1.82, 2.24) is 5.32 Å². The lowest BCUT2D eigenvalue weighted by atomic mass is 10.1. The Hall–Kier alpha value is -1.16. The van der Waals surface area contributed by atoms with Gasteiger partial charge < -0.3 is 10.6 Å². The van der Waals surface area contributed by atoms with E-state index in [0.29, 0.717) is 0 Å². The molecule has 1 unspecified atom stereocenters. The highest BCUT2D eigenvalue weighted by Crippen LogP contribution is 2.15. The number of rotatable bonds is 8. The van der Waals surface area contributed by atoms with Crippen LogP contribution < -0.4 is 10.6 Å². The number of anilines is 1. The zero-order valence-corrected chi connectivity index (χ0v) is 12.8. The third-order valence-electron chi connectivity index (χ3n) is 2.93. The number of hydrogen-bond donors (Lipinski definition) is 2. The standard InChI is InChI=1S/C15H24N2OS/c1-4-10-16-14-9-7-6-8-13(14)15(18)17-12(5-2)11-19-3/h6-9,12,16H,4-5,10-11H2,1-3H3,(H,17,18). The van der Waals surface area contributed by atoms with E-state index in [1.807, 2.05) is 24.3 Å². The average Bonchev–Trinajstić information content (AvgIpc) is 2.44. The molecule has 0 aliphatic heterocycles. The molecule has 0 radical (unpaired) electrons. The van der Waals surface area contributed by atoms with E-state index in [4.69, 9.17) is 0 Å². The zero-order valence-electron chi connectivity index (χ0n) is 12.0. The quantitative estimate of drug-likeness (QED) is 0.767. The summed E-state index contributed by atoms with van der Waals surface area (Å²) in [6.07, 6.45) is 4.06. The zero-order chi connectivity index (χ0) is 14.1. The maximum Gasteiger partial charge on any atom is 0.253 e. The number of carbonyl (C=O) groups excluding carboxylic acids is 1. The predicted octanol–water partition coefficient (Wildman–Crippen LogP) is 3.38. The predicted molar refractivity (Wildman–Crippen MR) is 85.1 cm³/mol. The van der Waals surface area contributed by atoms with Gasteiger partial charge >= 0.3 is 0 Å². The van der Waals surface area contributed by atoms with Crippen LogP contribution in [0, 0.1) is 0 Å². The van der Waals surface area contributed by atoms with Crippen LogP contribution in [0.25, 0.3) is 0 Å². The van der Waals surface area contributed by atoms with Crippen LogP contribution in [0.4, 0.5) is 5.69 Å². The van der Waals surface area contributed by atoms with Crippen LogP contribution in [0.5, 0.6) is 0 Å². The van der Waals surface area contributed by atoms with E-state index < -0.39 is 0 Å². The maximum atomic E-state index is 12.3. The first kappa shape index (κ1) is 15.9. The molecule has 0 aliphatic carbocycles. The van der Waals surface area contributed by atoms with Crippen molar-refractivity contribution in [2.45, 2.75) is 32.7 Å². The Balaban J connectivity index is 2.75. The molecule has 0 aromatic heterocycles. The van der Waals surface area contributed by atoms with Crippen molar-refractivity contribution in [2.75, 3.05) is 23.9 Å². The van der Waals surface area contributed by atoms with Crippen LogP contribution in [0.1, 0.15) is 37.0 Å². The van der Waals surface area contributed by atoms with Gasteiger partial charge in [0.2, 0.25) is 0 Å². The summed E-state index contributed by atoms with van der Waals surface area (Å²) in [6, 6.07) is 7.93. The molecular weight excluding hydrogens is 256 g/mol. The van der Waals surface area contributed by atoms with E-state index in [2.05, 4.69) is 30.7 Å². The number of nitrogens with one attached hydrogen (secondary N) is 2. The van der Waals surface area contributed by atoms with E-state index >= 15 is 0 Å². The lowest BCUT2D eigenvalue weighted by Crippen LogP contribution is -2.36. The molecule has 106 valence electrons. The summed E-state index contributed by atoms with van der Waals surface area (Å²) in [4.78, 5) is 12.3. The number of thioether (sulfide) groups is 1. The first-order chi connectivity index (χ1) is 9.22. The Morgan fingerprint density at radius 1 is 1.32 bits per heavy atom. The molecule has 3 nitrogen and oxygen atoms in total. The van der Waals surface area contributed by atoms with Gasteiger partial charge in [-0.05, 0) is 31.2 Å². The Morgan fingerprint density at radius 3 is 2.68 bits per heavy atom. The Kier molecular flexibility index (Phi) is 7.41. The van der Waals surface area contributed by atoms with Gasteiger partial charge in [-0.3, -0.25) is 4.79 Å². The van der Waals surface area contributed by atoms with Gasteiger partial charge in [0.15, 0.2) is 0 Å². The Bertz CT molecular complexity index is 395. The third kappa shape index (κ3) is 5.15. The van der Waals surface area contributed by atoms with E-state index in [9.17, 15) is 4.79 Å². The summed E-state index contributed by atoms with van der Waals surface area (Å²) >= 11 is 1.76. The molecular formula is C15H24N2OS. The average molecular weight is 280 g/mol. The van der Waals surface area contributed by atoms with Crippen molar-refractivity contribution in [1.29, 1.82) is 0 Å². The van der Waals surface area contributed by atoms with Crippen LogP contribution >= 0.6 is 11.8 Å². The second kappa shape index (κ2) is 8.86. The summed E-state index contributed by atoms with van der Waals surface area (Å²) in [5.41, 5.74) is 1.65. The van der Waals surface area contributed by atoms with Crippen LogP contribution in [0.3, 0.4) is 0 Å². The van der Waals surface area contributed by atoms with E-state index in [-0.39, 0.29) is 11.9 Å². The van der Waals surface area contributed by atoms with Gasteiger partial charge in [-0.15, -0.1) is 0 Å². The summed E-state index contributed by atoms with van der Waals surface area (Å²) in [7, 11) is 0. The van der Waals surface area contributed by atoms with Crippen LogP contribution in [0.2, 0.25) is 0 Å². The molecule has 1 atom stereocenters. The topological polar surface area (TPSA) is 41.1 Å². The number of para-hydroxylation sites is 1. The van der Waals surface area contributed by atoms with Gasteiger partial charge in [-0.25, -0.2) is 0 Å². The van der Waals surface area contributed by atoms with Gasteiger partial charge in [0.05, 0.1) is 5.56 Å².